The normalized spacial score (nSPS) is 12.6. The Morgan fingerprint density at radius 1 is 1.24 bits per heavy atom. The predicted molar refractivity (Wildman–Crippen MR) is 72.3 cm³/mol. The number of nitrogens with two attached hydrogens (primary N) is 1. The Balaban J connectivity index is 2.20. The van der Waals surface area contributed by atoms with Crippen molar-refractivity contribution in [2.45, 2.75) is 57.9 Å². The summed E-state index contributed by atoms with van der Waals surface area (Å²) in [5, 5.41) is 0. The molecule has 1 aromatic rings. The molecule has 1 rings (SSSR count). The summed E-state index contributed by atoms with van der Waals surface area (Å²) in [4.78, 5) is 4.13. The highest BCUT2D eigenvalue weighted by atomic mass is 15.2. The second kappa shape index (κ2) is 9.14. The topological polar surface area (TPSA) is 50.9 Å². The largest absolute Gasteiger partial charge is 0.271 e. The standard InChI is InChI=1S/C14H25N3/c1-2-3-4-5-6-7-10-14(17-15)13-9-8-11-16-12-13/h8-9,11-12,14,17H,2-7,10,15H2,1H3. The number of aromatic nitrogens is 1. The van der Waals surface area contributed by atoms with E-state index in [1.165, 1.54) is 44.1 Å². The second-order valence-corrected chi connectivity index (χ2v) is 4.56. The number of nitrogens with zero attached hydrogens (tertiary/aromatic N) is 1. The first-order valence-electron chi connectivity index (χ1n) is 6.74. The highest BCUT2D eigenvalue weighted by Gasteiger charge is 2.08. The maximum Gasteiger partial charge on any atom is 0.0475 e. The SMILES string of the molecule is CCCCCCCCC(NN)c1cccnc1. The molecule has 0 fully saturated rings. The average Bonchev–Trinajstić information content (AvgIpc) is 2.39. The van der Waals surface area contributed by atoms with Gasteiger partial charge in [0.2, 0.25) is 0 Å². The zero-order valence-electron chi connectivity index (χ0n) is 10.9. The van der Waals surface area contributed by atoms with E-state index in [-0.39, 0.29) is 6.04 Å². The van der Waals surface area contributed by atoms with Crippen LogP contribution in [0.3, 0.4) is 0 Å². The van der Waals surface area contributed by atoms with Gasteiger partial charge in [0.1, 0.15) is 0 Å². The molecule has 1 atom stereocenters. The molecule has 0 aliphatic heterocycles. The van der Waals surface area contributed by atoms with Crippen LogP contribution in [0.2, 0.25) is 0 Å². The van der Waals surface area contributed by atoms with Crippen LogP contribution < -0.4 is 11.3 Å². The van der Waals surface area contributed by atoms with E-state index in [0.717, 1.165) is 6.42 Å². The Morgan fingerprint density at radius 2 is 2.00 bits per heavy atom. The summed E-state index contributed by atoms with van der Waals surface area (Å²) in [6, 6.07) is 4.28. The van der Waals surface area contributed by atoms with Gasteiger partial charge in [0.15, 0.2) is 0 Å². The van der Waals surface area contributed by atoms with Crippen LogP contribution >= 0.6 is 0 Å². The quantitative estimate of drug-likeness (QED) is 0.392. The van der Waals surface area contributed by atoms with Crippen LogP contribution in [0.15, 0.2) is 24.5 Å². The van der Waals surface area contributed by atoms with Gasteiger partial charge in [-0.1, -0.05) is 51.5 Å². The molecule has 17 heavy (non-hydrogen) atoms. The minimum absolute atomic E-state index is 0.245. The van der Waals surface area contributed by atoms with Crippen LogP contribution in [-0.4, -0.2) is 4.98 Å². The number of hydrogen-bond donors (Lipinski definition) is 2. The number of rotatable bonds is 9. The zero-order chi connectivity index (χ0) is 12.3. The fourth-order valence-corrected chi connectivity index (χ4v) is 2.06. The van der Waals surface area contributed by atoms with Gasteiger partial charge >= 0.3 is 0 Å². The molecule has 1 heterocycles. The Kier molecular flexibility index (Phi) is 7.60. The summed E-state index contributed by atoms with van der Waals surface area (Å²) in [5.74, 6) is 5.59. The van der Waals surface area contributed by atoms with E-state index in [0.29, 0.717) is 0 Å². The monoisotopic (exact) mass is 235 g/mol. The molecule has 0 aliphatic rings. The molecule has 1 unspecified atom stereocenters. The van der Waals surface area contributed by atoms with Gasteiger partial charge in [-0.3, -0.25) is 16.3 Å². The maximum absolute atomic E-state index is 5.59. The molecule has 0 aromatic carbocycles. The van der Waals surface area contributed by atoms with Crippen molar-refractivity contribution in [3.05, 3.63) is 30.1 Å². The highest BCUT2D eigenvalue weighted by Crippen LogP contribution is 2.18. The van der Waals surface area contributed by atoms with Gasteiger partial charge in [-0.05, 0) is 18.1 Å². The van der Waals surface area contributed by atoms with Crippen LogP contribution in [0, 0.1) is 0 Å². The first kappa shape index (κ1) is 14.1. The molecule has 0 radical (unpaired) electrons. The minimum atomic E-state index is 0.245. The lowest BCUT2D eigenvalue weighted by Gasteiger charge is -2.15. The molecule has 3 heteroatoms. The van der Waals surface area contributed by atoms with Crippen molar-refractivity contribution in [3.8, 4) is 0 Å². The Hall–Kier alpha value is -0.930. The summed E-state index contributed by atoms with van der Waals surface area (Å²) < 4.78 is 0. The van der Waals surface area contributed by atoms with E-state index >= 15 is 0 Å². The van der Waals surface area contributed by atoms with E-state index in [1.807, 2.05) is 12.3 Å². The number of unbranched alkanes of at least 4 members (excludes halogenated alkanes) is 5. The van der Waals surface area contributed by atoms with Crippen LogP contribution in [0.5, 0.6) is 0 Å². The zero-order valence-corrected chi connectivity index (χ0v) is 10.9. The number of pyridine rings is 1. The first-order valence-corrected chi connectivity index (χ1v) is 6.74. The molecule has 0 spiro atoms. The molecule has 0 saturated heterocycles. The van der Waals surface area contributed by atoms with Crippen molar-refractivity contribution in [1.82, 2.24) is 10.4 Å². The summed E-state index contributed by atoms with van der Waals surface area (Å²) in [7, 11) is 0. The van der Waals surface area contributed by atoms with E-state index in [9.17, 15) is 0 Å². The Labute approximate surface area is 105 Å². The van der Waals surface area contributed by atoms with Crippen molar-refractivity contribution in [3.63, 3.8) is 0 Å². The van der Waals surface area contributed by atoms with Crippen molar-refractivity contribution in [1.29, 1.82) is 0 Å². The molecule has 0 aliphatic carbocycles. The van der Waals surface area contributed by atoms with Gasteiger partial charge < -0.3 is 0 Å². The van der Waals surface area contributed by atoms with Gasteiger partial charge in [-0.25, -0.2) is 0 Å². The fraction of sp³-hybridized carbons (Fsp3) is 0.643. The van der Waals surface area contributed by atoms with E-state index in [1.54, 1.807) is 6.20 Å². The highest BCUT2D eigenvalue weighted by molar-refractivity contribution is 5.13. The summed E-state index contributed by atoms with van der Waals surface area (Å²) in [5.41, 5.74) is 4.06. The second-order valence-electron chi connectivity index (χ2n) is 4.56. The fourth-order valence-electron chi connectivity index (χ4n) is 2.06. The van der Waals surface area contributed by atoms with Gasteiger partial charge in [0, 0.05) is 18.4 Å². The molecule has 1 aromatic heterocycles. The van der Waals surface area contributed by atoms with Crippen LogP contribution in [0.4, 0.5) is 0 Å². The lowest BCUT2D eigenvalue weighted by molar-refractivity contribution is 0.476. The molecule has 3 nitrogen and oxygen atoms in total. The molecular formula is C14H25N3. The molecule has 3 N–H and O–H groups in total. The smallest absolute Gasteiger partial charge is 0.0475 e. The molecule has 96 valence electrons. The molecule has 0 saturated carbocycles. The van der Waals surface area contributed by atoms with E-state index in [4.69, 9.17) is 5.84 Å². The van der Waals surface area contributed by atoms with Crippen molar-refractivity contribution < 1.29 is 0 Å². The summed E-state index contributed by atoms with van der Waals surface area (Å²) in [6.45, 7) is 2.25. The van der Waals surface area contributed by atoms with Gasteiger partial charge in [0.05, 0.1) is 0 Å². The molecule has 0 bridgehead atoms. The lowest BCUT2D eigenvalue weighted by Crippen LogP contribution is -2.28. The van der Waals surface area contributed by atoms with Crippen molar-refractivity contribution >= 4 is 0 Å². The van der Waals surface area contributed by atoms with Crippen LogP contribution in [0.1, 0.15) is 63.5 Å². The number of hydrogen-bond acceptors (Lipinski definition) is 3. The summed E-state index contributed by atoms with van der Waals surface area (Å²) in [6.07, 6.45) is 12.7. The Bertz CT molecular complexity index is 274. The predicted octanol–water partition coefficient (Wildman–Crippen LogP) is 3.34. The van der Waals surface area contributed by atoms with Crippen molar-refractivity contribution in [2.75, 3.05) is 0 Å². The van der Waals surface area contributed by atoms with Gasteiger partial charge in [-0.15, -0.1) is 0 Å². The Morgan fingerprint density at radius 3 is 2.65 bits per heavy atom. The van der Waals surface area contributed by atoms with Crippen LogP contribution in [0.25, 0.3) is 0 Å². The third-order valence-corrected chi connectivity index (χ3v) is 3.13. The number of nitrogens with one attached hydrogen (secondary N) is 1. The first-order chi connectivity index (χ1) is 8.38. The average molecular weight is 235 g/mol. The maximum atomic E-state index is 5.59. The van der Waals surface area contributed by atoms with Gasteiger partial charge in [-0.2, -0.15) is 0 Å². The van der Waals surface area contributed by atoms with E-state index < -0.39 is 0 Å². The minimum Gasteiger partial charge on any atom is -0.271 e. The molecular weight excluding hydrogens is 210 g/mol. The van der Waals surface area contributed by atoms with Crippen molar-refractivity contribution in [2.24, 2.45) is 5.84 Å². The third-order valence-electron chi connectivity index (χ3n) is 3.13. The molecule has 0 amide bonds. The summed E-state index contributed by atoms with van der Waals surface area (Å²) >= 11 is 0. The number of hydrazine groups is 1. The van der Waals surface area contributed by atoms with E-state index in [2.05, 4.69) is 23.4 Å². The van der Waals surface area contributed by atoms with Crippen LogP contribution in [-0.2, 0) is 0 Å². The van der Waals surface area contributed by atoms with Gasteiger partial charge in [0.25, 0.3) is 0 Å². The lowest BCUT2D eigenvalue weighted by atomic mass is 10.0. The third kappa shape index (κ3) is 5.80.